The van der Waals surface area contributed by atoms with Gasteiger partial charge in [-0.25, -0.2) is 8.42 Å². The van der Waals surface area contributed by atoms with Gasteiger partial charge in [0.2, 0.25) is 21.8 Å². The van der Waals surface area contributed by atoms with E-state index in [1.54, 1.807) is 50.2 Å². The third-order valence-electron chi connectivity index (χ3n) is 5.65. The van der Waals surface area contributed by atoms with Crippen LogP contribution in [0.15, 0.2) is 36.4 Å². The second-order valence-corrected chi connectivity index (χ2v) is 13.2. The van der Waals surface area contributed by atoms with Gasteiger partial charge in [-0.3, -0.25) is 13.9 Å². The number of carbonyl (C=O) groups excluding carboxylic acids is 2. The summed E-state index contributed by atoms with van der Waals surface area (Å²) in [6, 6.07) is 9.24. The van der Waals surface area contributed by atoms with Crippen molar-refractivity contribution in [3.05, 3.63) is 62.6 Å². The first-order valence-electron chi connectivity index (χ1n) is 11.8. The van der Waals surface area contributed by atoms with Gasteiger partial charge in [-0.1, -0.05) is 46.9 Å². The quantitative estimate of drug-likeness (QED) is 0.377. The maximum absolute atomic E-state index is 13.4. The summed E-state index contributed by atoms with van der Waals surface area (Å²) in [5, 5.41) is 4.07. The largest absolute Gasteiger partial charge is 0.350 e. The first-order valence-corrected chi connectivity index (χ1v) is 14.8. The van der Waals surface area contributed by atoms with E-state index in [4.69, 9.17) is 34.8 Å². The summed E-state index contributed by atoms with van der Waals surface area (Å²) in [4.78, 5) is 27.8. The number of hydrogen-bond donors (Lipinski definition) is 1. The molecule has 7 nitrogen and oxygen atoms in total. The van der Waals surface area contributed by atoms with E-state index in [2.05, 4.69) is 5.32 Å². The van der Waals surface area contributed by atoms with Gasteiger partial charge in [0.05, 0.1) is 11.9 Å². The Kier molecular flexibility index (Phi) is 10.7. The fourth-order valence-electron chi connectivity index (χ4n) is 3.74. The molecule has 0 fully saturated rings. The molecule has 2 rings (SSSR count). The minimum absolute atomic E-state index is 0.000836. The lowest BCUT2D eigenvalue weighted by Gasteiger charge is -2.32. The third kappa shape index (κ3) is 9.06. The summed E-state index contributed by atoms with van der Waals surface area (Å²) in [6.07, 6.45) is 1.33. The lowest BCUT2D eigenvalue weighted by Crippen LogP contribution is -2.52. The van der Waals surface area contributed by atoms with Crippen molar-refractivity contribution < 1.29 is 18.0 Å². The van der Waals surface area contributed by atoms with Crippen molar-refractivity contribution in [1.82, 2.24) is 10.2 Å². The highest BCUT2D eigenvalue weighted by Gasteiger charge is 2.29. The molecule has 0 unspecified atom stereocenters. The molecule has 1 N–H and O–H groups in total. The molecule has 11 heteroatoms. The highest BCUT2D eigenvalue weighted by Crippen LogP contribution is 2.28. The molecule has 2 amide bonds. The van der Waals surface area contributed by atoms with Crippen molar-refractivity contribution in [3.63, 3.8) is 0 Å². The van der Waals surface area contributed by atoms with E-state index in [0.29, 0.717) is 26.3 Å². The molecule has 0 saturated heterocycles. The molecule has 0 aliphatic carbocycles. The predicted molar refractivity (Wildman–Crippen MR) is 152 cm³/mol. The number of anilines is 1. The summed E-state index contributed by atoms with van der Waals surface area (Å²) >= 11 is 18.8. The van der Waals surface area contributed by atoms with Crippen LogP contribution in [-0.4, -0.2) is 49.5 Å². The molecule has 2 aromatic rings. The fourth-order valence-corrected chi connectivity index (χ4v) is 5.44. The zero-order valence-corrected chi connectivity index (χ0v) is 25.0. The van der Waals surface area contributed by atoms with Gasteiger partial charge in [0.25, 0.3) is 0 Å². The molecule has 0 aliphatic rings. The molecule has 1 atom stereocenters. The molecule has 0 aromatic heterocycles. The Morgan fingerprint density at radius 1 is 1.05 bits per heavy atom. The van der Waals surface area contributed by atoms with E-state index in [-0.39, 0.29) is 37.7 Å². The molecule has 0 aliphatic heterocycles. The number of halogens is 3. The Balaban J connectivity index is 2.28. The van der Waals surface area contributed by atoms with Crippen molar-refractivity contribution >= 4 is 62.3 Å². The number of nitrogens with zero attached hydrogens (tertiary/aromatic N) is 2. The van der Waals surface area contributed by atoms with E-state index in [9.17, 15) is 18.0 Å². The van der Waals surface area contributed by atoms with Crippen molar-refractivity contribution in [2.24, 2.45) is 0 Å². The fraction of sp³-hybridized carbons (Fsp3) is 0.462. The number of benzene rings is 2. The summed E-state index contributed by atoms with van der Waals surface area (Å²) < 4.78 is 26.4. The highest BCUT2D eigenvalue weighted by atomic mass is 35.5. The average molecular weight is 591 g/mol. The molecule has 0 radical (unpaired) electrons. The molecule has 0 saturated carbocycles. The first kappa shape index (κ1) is 31.2. The van der Waals surface area contributed by atoms with Crippen LogP contribution in [0.2, 0.25) is 15.1 Å². The molecule has 204 valence electrons. The van der Waals surface area contributed by atoms with Crippen molar-refractivity contribution in [3.8, 4) is 0 Å². The monoisotopic (exact) mass is 589 g/mol. The van der Waals surface area contributed by atoms with Gasteiger partial charge in [-0.2, -0.15) is 0 Å². The standard InChI is InChI=1S/C26H34Cl3N3O4S/c1-17-12-13-19(27)15-23(17)32(37(6,35)36)14-8-11-24(33)31(18(2)25(34)30-26(3,4)5)16-20-21(28)9-7-10-22(20)29/h7,9-10,12-13,15,18H,8,11,14,16H2,1-6H3,(H,30,34)/t18-/m0/s1. The van der Waals surface area contributed by atoms with Gasteiger partial charge in [0.1, 0.15) is 6.04 Å². The van der Waals surface area contributed by atoms with E-state index in [1.807, 2.05) is 20.8 Å². The van der Waals surface area contributed by atoms with Crippen LogP contribution in [0.1, 0.15) is 51.7 Å². The number of carbonyl (C=O) groups is 2. The Morgan fingerprint density at radius 2 is 1.65 bits per heavy atom. The van der Waals surface area contributed by atoms with Crippen LogP contribution in [0, 0.1) is 6.92 Å². The maximum Gasteiger partial charge on any atom is 0.242 e. The van der Waals surface area contributed by atoms with E-state index < -0.39 is 21.6 Å². The normalized spacial score (nSPS) is 12.7. The molecule has 0 bridgehead atoms. The molecule has 0 heterocycles. The van der Waals surface area contributed by atoms with Crippen molar-refractivity contribution in [2.75, 3.05) is 17.1 Å². The number of sulfonamides is 1. The Labute approximate surface area is 235 Å². The lowest BCUT2D eigenvalue weighted by atomic mass is 10.1. The van der Waals surface area contributed by atoms with Crippen LogP contribution in [-0.2, 0) is 26.2 Å². The van der Waals surface area contributed by atoms with Gasteiger partial charge in [0.15, 0.2) is 0 Å². The average Bonchev–Trinajstić information content (AvgIpc) is 2.76. The zero-order chi connectivity index (χ0) is 28.1. The zero-order valence-electron chi connectivity index (χ0n) is 21.9. The van der Waals surface area contributed by atoms with Crippen LogP contribution in [0.5, 0.6) is 0 Å². The van der Waals surface area contributed by atoms with Gasteiger partial charge in [-0.05, 0) is 70.9 Å². The van der Waals surface area contributed by atoms with Crippen LogP contribution >= 0.6 is 34.8 Å². The van der Waals surface area contributed by atoms with Crippen LogP contribution in [0.3, 0.4) is 0 Å². The lowest BCUT2D eigenvalue weighted by molar-refractivity contribution is -0.141. The Hall–Kier alpha value is -2.00. The van der Waals surface area contributed by atoms with E-state index in [1.165, 1.54) is 9.21 Å². The number of amides is 2. The smallest absolute Gasteiger partial charge is 0.242 e. The number of aryl methyl sites for hydroxylation is 1. The second-order valence-electron chi connectivity index (χ2n) is 10.0. The van der Waals surface area contributed by atoms with Gasteiger partial charge >= 0.3 is 0 Å². The topological polar surface area (TPSA) is 86.8 Å². The molecular formula is C26H34Cl3N3O4S. The van der Waals surface area contributed by atoms with Crippen molar-refractivity contribution in [2.45, 2.75) is 65.6 Å². The number of rotatable bonds is 10. The van der Waals surface area contributed by atoms with Crippen molar-refractivity contribution in [1.29, 1.82) is 0 Å². The summed E-state index contributed by atoms with van der Waals surface area (Å²) in [5.74, 6) is -0.653. The van der Waals surface area contributed by atoms with Gasteiger partial charge < -0.3 is 10.2 Å². The summed E-state index contributed by atoms with van der Waals surface area (Å²) in [7, 11) is -3.63. The Morgan fingerprint density at radius 3 is 2.19 bits per heavy atom. The van der Waals surface area contributed by atoms with Gasteiger partial charge in [-0.15, -0.1) is 0 Å². The SMILES string of the molecule is Cc1ccc(Cl)cc1N(CCCC(=O)N(Cc1c(Cl)cccc1Cl)[C@@H](C)C(=O)NC(C)(C)C)S(C)(=O)=O. The minimum atomic E-state index is -3.63. The first-order chi connectivity index (χ1) is 17.0. The predicted octanol–water partition coefficient (Wildman–Crippen LogP) is 5.83. The highest BCUT2D eigenvalue weighted by molar-refractivity contribution is 7.92. The maximum atomic E-state index is 13.4. The number of nitrogens with one attached hydrogen (secondary N) is 1. The molecule has 0 spiro atoms. The third-order valence-corrected chi connectivity index (χ3v) is 7.77. The van der Waals surface area contributed by atoms with Crippen LogP contribution in [0.25, 0.3) is 0 Å². The summed E-state index contributed by atoms with van der Waals surface area (Å²) in [6.45, 7) is 9.08. The van der Waals surface area contributed by atoms with Crippen LogP contribution < -0.4 is 9.62 Å². The van der Waals surface area contributed by atoms with E-state index in [0.717, 1.165) is 11.8 Å². The van der Waals surface area contributed by atoms with Crippen LogP contribution in [0.4, 0.5) is 5.69 Å². The van der Waals surface area contributed by atoms with E-state index >= 15 is 0 Å². The summed E-state index contributed by atoms with van der Waals surface area (Å²) in [5.41, 5.74) is 1.23. The Bertz CT molecular complexity index is 1230. The molecule has 2 aromatic carbocycles. The second kappa shape index (κ2) is 12.7. The molecular weight excluding hydrogens is 557 g/mol. The minimum Gasteiger partial charge on any atom is -0.350 e. The number of hydrogen-bond acceptors (Lipinski definition) is 4. The van der Waals surface area contributed by atoms with Gasteiger partial charge in [0, 0.05) is 45.7 Å². The molecule has 37 heavy (non-hydrogen) atoms.